The van der Waals surface area contributed by atoms with E-state index in [1.54, 1.807) is 11.0 Å². The Kier molecular flexibility index (Phi) is 9.42. The summed E-state index contributed by atoms with van der Waals surface area (Å²) in [4.78, 5) is 25.7. The van der Waals surface area contributed by atoms with Crippen molar-refractivity contribution in [3.63, 3.8) is 0 Å². The van der Waals surface area contributed by atoms with E-state index < -0.39 is 17.8 Å². The first-order valence-electron chi connectivity index (χ1n) is 10.3. The molecule has 0 aliphatic heterocycles. The van der Waals surface area contributed by atoms with Crippen LogP contribution in [0, 0.1) is 5.82 Å². The number of rotatable bonds is 13. The second kappa shape index (κ2) is 12.0. The minimum Gasteiger partial charge on any atom is -0.508 e. The van der Waals surface area contributed by atoms with Crippen molar-refractivity contribution >= 4 is 11.9 Å². The summed E-state index contributed by atoms with van der Waals surface area (Å²) < 4.78 is 13.5. The first-order chi connectivity index (χ1) is 15.2. The van der Waals surface area contributed by atoms with Crippen molar-refractivity contribution in [2.24, 2.45) is 0 Å². The number of aliphatic carboxylic acids is 2. The van der Waals surface area contributed by atoms with Gasteiger partial charge in [0, 0.05) is 37.3 Å². The number of phenolic OH excluding ortho intramolecular Hbond substituents is 2. The third kappa shape index (κ3) is 8.16. The first kappa shape index (κ1) is 25.1. The highest BCUT2D eigenvalue weighted by Gasteiger charge is 2.18. The van der Waals surface area contributed by atoms with Crippen LogP contribution in [0.5, 0.6) is 11.5 Å². The van der Waals surface area contributed by atoms with Gasteiger partial charge in [-0.3, -0.25) is 19.4 Å². The zero-order valence-electron chi connectivity index (χ0n) is 18.0. The van der Waals surface area contributed by atoms with Crippen molar-refractivity contribution < 1.29 is 34.4 Å². The van der Waals surface area contributed by atoms with Crippen molar-refractivity contribution in [1.82, 2.24) is 9.80 Å². The molecule has 0 saturated carbocycles. The average Bonchev–Trinajstić information content (AvgIpc) is 2.70. The molecule has 32 heavy (non-hydrogen) atoms. The van der Waals surface area contributed by atoms with Gasteiger partial charge in [-0.15, -0.1) is 0 Å². The fraction of sp³-hybridized carbons (Fsp3) is 0.391. The Labute approximate surface area is 186 Å². The summed E-state index contributed by atoms with van der Waals surface area (Å²) in [7, 11) is 0. The van der Waals surface area contributed by atoms with Crippen LogP contribution in [0.4, 0.5) is 4.39 Å². The molecule has 0 fully saturated rings. The van der Waals surface area contributed by atoms with Gasteiger partial charge >= 0.3 is 11.9 Å². The summed E-state index contributed by atoms with van der Waals surface area (Å²) in [5.74, 6) is -2.80. The number of benzene rings is 2. The molecule has 0 saturated heterocycles. The van der Waals surface area contributed by atoms with Gasteiger partial charge in [0.05, 0.1) is 13.1 Å². The molecule has 4 N–H and O–H groups in total. The molecule has 0 bridgehead atoms. The molecular weight excluding hydrogens is 419 g/mol. The monoisotopic (exact) mass is 448 g/mol. The molecule has 0 unspecified atom stereocenters. The highest BCUT2D eigenvalue weighted by Crippen LogP contribution is 2.22. The lowest BCUT2D eigenvalue weighted by molar-refractivity contribution is -0.140. The third-order valence-electron chi connectivity index (χ3n) is 4.96. The molecule has 0 heterocycles. The van der Waals surface area contributed by atoms with E-state index in [0.29, 0.717) is 5.56 Å². The lowest BCUT2D eigenvalue weighted by Gasteiger charge is -2.26. The summed E-state index contributed by atoms with van der Waals surface area (Å²) in [5, 5.41) is 38.7. The molecule has 8 nitrogen and oxygen atoms in total. The van der Waals surface area contributed by atoms with Crippen molar-refractivity contribution in [1.29, 1.82) is 0 Å². The fourth-order valence-corrected chi connectivity index (χ4v) is 3.47. The molecule has 0 aromatic heterocycles. The van der Waals surface area contributed by atoms with Gasteiger partial charge in [-0.2, -0.15) is 0 Å². The molecule has 0 radical (unpaired) electrons. The summed E-state index contributed by atoms with van der Waals surface area (Å²) in [5.41, 5.74) is 1.86. The second-order valence-corrected chi connectivity index (χ2v) is 7.69. The quantitative estimate of drug-likeness (QED) is 0.369. The van der Waals surface area contributed by atoms with Crippen LogP contribution >= 0.6 is 0 Å². The number of hydrogen-bond acceptors (Lipinski definition) is 6. The van der Waals surface area contributed by atoms with Gasteiger partial charge in [0.2, 0.25) is 0 Å². The Hall–Kier alpha value is -3.17. The summed E-state index contributed by atoms with van der Waals surface area (Å²) in [6, 6.07) is 8.69. The van der Waals surface area contributed by atoms with Crippen LogP contribution in [0.15, 0.2) is 36.4 Å². The maximum atomic E-state index is 13.5. The van der Waals surface area contributed by atoms with Crippen molar-refractivity contribution in [2.45, 2.75) is 32.9 Å². The van der Waals surface area contributed by atoms with Gasteiger partial charge in [0.1, 0.15) is 17.3 Å². The van der Waals surface area contributed by atoms with Crippen LogP contribution in [0.2, 0.25) is 0 Å². The van der Waals surface area contributed by atoms with Gasteiger partial charge in [0.25, 0.3) is 0 Å². The number of aryl methyl sites for hydroxylation is 1. The van der Waals surface area contributed by atoms with E-state index in [4.69, 9.17) is 0 Å². The van der Waals surface area contributed by atoms with E-state index in [-0.39, 0.29) is 56.3 Å². The predicted octanol–water partition coefficient (Wildman–Crippen LogP) is 2.66. The van der Waals surface area contributed by atoms with Gasteiger partial charge in [-0.1, -0.05) is 25.5 Å². The number of carboxylic acids is 2. The fourth-order valence-electron chi connectivity index (χ4n) is 3.47. The van der Waals surface area contributed by atoms with Crippen molar-refractivity contribution in [3.8, 4) is 11.5 Å². The maximum absolute atomic E-state index is 13.5. The lowest BCUT2D eigenvalue weighted by atomic mass is 10.1. The van der Waals surface area contributed by atoms with Gasteiger partial charge in [0.15, 0.2) is 0 Å². The van der Waals surface area contributed by atoms with Crippen molar-refractivity contribution in [3.05, 3.63) is 58.9 Å². The van der Waals surface area contributed by atoms with Gasteiger partial charge in [-0.05, 0) is 36.2 Å². The smallest absolute Gasteiger partial charge is 0.317 e. The molecule has 0 amide bonds. The van der Waals surface area contributed by atoms with Crippen LogP contribution in [0.25, 0.3) is 0 Å². The van der Waals surface area contributed by atoms with Gasteiger partial charge < -0.3 is 20.4 Å². The van der Waals surface area contributed by atoms with E-state index in [9.17, 15) is 34.4 Å². The van der Waals surface area contributed by atoms with Crippen LogP contribution in [-0.2, 0) is 29.1 Å². The Bertz CT molecular complexity index is 937. The third-order valence-corrected chi connectivity index (χ3v) is 4.96. The molecule has 2 rings (SSSR count). The number of carbonyl (C=O) groups is 2. The largest absolute Gasteiger partial charge is 0.508 e. The highest BCUT2D eigenvalue weighted by atomic mass is 19.1. The molecule has 0 atom stereocenters. The molecule has 0 spiro atoms. The average molecular weight is 448 g/mol. The van der Waals surface area contributed by atoms with Crippen LogP contribution in [0.3, 0.4) is 0 Å². The number of aromatic hydroxyl groups is 2. The normalized spacial score (nSPS) is 11.2. The standard InChI is InChI=1S/C23H29FN2O6/c1-2-3-16-4-6-20(27)17(10-16)12-25(14-22(29)30)8-9-26(15-23(31)32)13-18-11-19(24)5-7-21(18)28/h4-7,10-11,27-28H,2-3,8-9,12-15H2,1H3,(H,29,30)(H,31,32). The minimum absolute atomic E-state index is 0.0198. The molecule has 174 valence electrons. The molecule has 0 aliphatic rings. The Morgan fingerprint density at radius 2 is 1.34 bits per heavy atom. The maximum Gasteiger partial charge on any atom is 0.317 e. The van der Waals surface area contributed by atoms with E-state index in [1.807, 2.05) is 19.1 Å². The Morgan fingerprint density at radius 1 is 0.844 bits per heavy atom. The topological polar surface area (TPSA) is 122 Å². The van der Waals surface area contributed by atoms with E-state index >= 15 is 0 Å². The number of nitrogens with zero attached hydrogens (tertiary/aromatic N) is 2. The summed E-state index contributed by atoms with van der Waals surface area (Å²) in [6.07, 6.45) is 1.76. The summed E-state index contributed by atoms with van der Waals surface area (Å²) in [6.45, 7) is 1.86. The van der Waals surface area contributed by atoms with E-state index in [0.717, 1.165) is 30.5 Å². The second-order valence-electron chi connectivity index (χ2n) is 7.69. The van der Waals surface area contributed by atoms with Crippen molar-refractivity contribution in [2.75, 3.05) is 26.2 Å². The van der Waals surface area contributed by atoms with Crippen LogP contribution in [-0.4, -0.2) is 68.3 Å². The SMILES string of the molecule is CCCc1ccc(O)c(CN(CCN(CC(=O)O)Cc2cc(F)ccc2O)CC(=O)O)c1. The predicted molar refractivity (Wildman–Crippen MR) is 116 cm³/mol. The highest BCUT2D eigenvalue weighted by molar-refractivity contribution is 5.69. The van der Waals surface area contributed by atoms with E-state index in [1.165, 1.54) is 11.0 Å². The number of halogens is 1. The lowest BCUT2D eigenvalue weighted by Crippen LogP contribution is -2.39. The summed E-state index contributed by atoms with van der Waals surface area (Å²) >= 11 is 0. The van der Waals surface area contributed by atoms with Crippen LogP contribution in [0.1, 0.15) is 30.0 Å². The molecule has 0 aliphatic carbocycles. The molecule has 9 heteroatoms. The molecule has 2 aromatic rings. The molecular formula is C23H29FN2O6. The first-order valence-corrected chi connectivity index (χ1v) is 10.3. The zero-order valence-corrected chi connectivity index (χ0v) is 18.0. The number of phenols is 2. The van der Waals surface area contributed by atoms with E-state index in [2.05, 4.69) is 0 Å². The Balaban J connectivity index is 2.15. The minimum atomic E-state index is -1.10. The Morgan fingerprint density at radius 3 is 1.84 bits per heavy atom. The molecule has 2 aromatic carbocycles. The number of hydrogen-bond donors (Lipinski definition) is 4. The van der Waals surface area contributed by atoms with Crippen LogP contribution < -0.4 is 0 Å². The zero-order chi connectivity index (χ0) is 23.7. The van der Waals surface area contributed by atoms with Gasteiger partial charge in [-0.25, -0.2) is 4.39 Å². The number of carboxylic acid groups (broad SMARTS) is 2.